The molecule has 8 nitrogen and oxygen atoms in total. The van der Waals surface area contributed by atoms with E-state index >= 15 is 0 Å². The molecule has 1 unspecified atom stereocenters. The van der Waals surface area contributed by atoms with E-state index in [0.29, 0.717) is 36.9 Å². The lowest BCUT2D eigenvalue weighted by atomic mass is 9.91. The van der Waals surface area contributed by atoms with E-state index in [4.69, 9.17) is 6.42 Å². The minimum atomic E-state index is -1.20. The average Bonchev–Trinajstić information content (AvgIpc) is 3.33. The van der Waals surface area contributed by atoms with Gasteiger partial charge in [-0.25, -0.2) is 4.79 Å². The maximum absolute atomic E-state index is 12.4. The lowest BCUT2D eigenvalue weighted by molar-refractivity contribution is -0.123. The second kappa shape index (κ2) is 6.59. The Hall–Kier alpha value is -3.21. The van der Waals surface area contributed by atoms with Crippen LogP contribution in [-0.4, -0.2) is 30.1 Å². The number of nitrogens with one attached hydrogen (secondary N) is 3. The molecule has 134 valence electrons. The van der Waals surface area contributed by atoms with Crippen molar-refractivity contribution in [3.05, 3.63) is 35.4 Å². The van der Waals surface area contributed by atoms with Crippen LogP contribution in [-0.2, 0) is 10.3 Å². The fourth-order valence-electron chi connectivity index (χ4n) is 2.86. The van der Waals surface area contributed by atoms with Crippen LogP contribution in [0.4, 0.5) is 4.79 Å². The number of nitrogens with zero attached hydrogens (tertiary/aromatic N) is 2. The monoisotopic (exact) mass is 353 g/mol. The quantitative estimate of drug-likeness (QED) is 0.509. The zero-order valence-electron chi connectivity index (χ0n) is 14.3. The average molecular weight is 353 g/mol. The van der Waals surface area contributed by atoms with Crippen LogP contribution in [0.3, 0.4) is 0 Å². The maximum Gasteiger partial charge on any atom is 0.322 e. The lowest BCUT2D eigenvalue weighted by Crippen LogP contribution is -2.40. The van der Waals surface area contributed by atoms with Gasteiger partial charge in [-0.15, -0.1) is 12.3 Å². The van der Waals surface area contributed by atoms with Gasteiger partial charge in [0.15, 0.2) is 5.66 Å². The van der Waals surface area contributed by atoms with Gasteiger partial charge < -0.3 is 10.6 Å². The lowest BCUT2D eigenvalue weighted by Gasteiger charge is -2.21. The molecule has 0 aromatic heterocycles. The van der Waals surface area contributed by atoms with Gasteiger partial charge in [0.1, 0.15) is 5.54 Å². The molecule has 1 fully saturated rings. The van der Waals surface area contributed by atoms with Gasteiger partial charge in [-0.2, -0.15) is 10.2 Å². The second-order valence-electron chi connectivity index (χ2n) is 6.51. The number of benzene rings is 1. The van der Waals surface area contributed by atoms with Crippen LogP contribution in [0.15, 0.2) is 34.5 Å². The smallest absolute Gasteiger partial charge is 0.322 e. The molecule has 1 aromatic rings. The molecule has 1 aromatic carbocycles. The number of rotatable bonds is 7. The Labute approximate surface area is 150 Å². The molecule has 2 aliphatic rings. The molecule has 3 N–H and O–H groups in total. The van der Waals surface area contributed by atoms with Crippen LogP contribution >= 0.6 is 0 Å². The zero-order valence-corrected chi connectivity index (χ0v) is 14.3. The Kier molecular flexibility index (Phi) is 4.47. The third-order valence-corrected chi connectivity index (χ3v) is 4.61. The summed E-state index contributed by atoms with van der Waals surface area (Å²) in [6.45, 7) is 2.00. The molecule has 0 bridgehead atoms. The van der Waals surface area contributed by atoms with Crippen LogP contribution in [0, 0.1) is 12.3 Å². The summed E-state index contributed by atoms with van der Waals surface area (Å²) < 4.78 is 0. The van der Waals surface area contributed by atoms with E-state index in [2.05, 4.69) is 32.1 Å². The van der Waals surface area contributed by atoms with E-state index < -0.39 is 23.1 Å². The summed E-state index contributed by atoms with van der Waals surface area (Å²) in [6, 6.07) is 6.06. The molecule has 0 saturated carbocycles. The highest BCUT2D eigenvalue weighted by Gasteiger charge is 2.43. The van der Waals surface area contributed by atoms with Crippen molar-refractivity contribution in [3.8, 4) is 12.3 Å². The Morgan fingerprint density at radius 1 is 1.31 bits per heavy atom. The van der Waals surface area contributed by atoms with Gasteiger partial charge in [-0.05, 0) is 24.6 Å². The highest BCUT2D eigenvalue weighted by atomic mass is 16.2. The highest BCUT2D eigenvalue weighted by Crippen LogP contribution is 2.36. The van der Waals surface area contributed by atoms with E-state index in [1.54, 1.807) is 31.2 Å². The second-order valence-corrected chi connectivity index (χ2v) is 6.51. The van der Waals surface area contributed by atoms with Crippen LogP contribution in [0.2, 0.25) is 0 Å². The first-order valence-electron chi connectivity index (χ1n) is 8.28. The maximum atomic E-state index is 12.4. The van der Waals surface area contributed by atoms with Gasteiger partial charge >= 0.3 is 6.03 Å². The molecule has 3 rings (SSSR count). The van der Waals surface area contributed by atoms with Gasteiger partial charge in [0, 0.05) is 31.4 Å². The summed E-state index contributed by atoms with van der Waals surface area (Å²) in [5.41, 5.74) is -0.703. The number of imide groups is 1. The predicted molar refractivity (Wildman–Crippen MR) is 93.1 cm³/mol. The summed E-state index contributed by atoms with van der Waals surface area (Å²) in [5.74, 6) is 1.84. The van der Waals surface area contributed by atoms with Crippen LogP contribution < -0.4 is 16.0 Å². The molecule has 0 spiro atoms. The molecule has 8 heteroatoms. The molecule has 0 aliphatic carbocycles. The Bertz CT molecular complexity index is 835. The summed E-state index contributed by atoms with van der Waals surface area (Å²) in [6.07, 6.45) is 7.12. The molecular weight excluding hydrogens is 334 g/mol. The molecule has 1 atom stereocenters. The van der Waals surface area contributed by atoms with Gasteiger partial charge in [0.05, 0.1) is 0 Å². The van der Waals surface area contributed by atoms with Crippen LogP contribution in [0.1, 0.15) is 42.1 Å². The van der Waals surface area contributed by atoms with Crippen LogP contribution in [0.5, 0.6) is 0 Å². The van der Waals surface area contributed by atoms with Gasteiger partial charge in [0.2, 0.25) is 0 Å². The fourth-order valence-corrected chi connectivity index (χ4v) is 2.86. The van der Waals surface area contributed by atoms with Crippen molar-refractivity contribution in [3.63, 3.8) is 0 Å². The molecule has 2 aliphatic heterocycles. The van der Waals surface area contributed by atoms with Gasteiger partial charge in [-0.3, -0.25) is 14.9 Å². The van der Waals surface area contributed by atoms with Crippen LogP contribution in [0.25, 0.3) is 0 Å². The summed E-state index contributed by atoms with van der Waals surface area (Å²) in [4.78, 5) is 35.8. The molecule has 4 amide bonds. The first kappa shape index (κ1) is 17.6. The number of amides is 4. The standard InChI is InChI=1S/C18H19N5O3/c1-3-4-8-18(22-23-18)9-10-19-14(24)12-6-5-7-13(11-12)17(2)15(25)20-16(26)21-17/h1,5-7,11H,4,8-10H2,2H3,(H,19,24)(H2,20,21,25,26). The molecule has 1 saturated heterocycles. The van der Waals surface area contributed by atoms with Crippen molar-refractivity contribution in [1.29, 1.82) is 0 Å². The summed E-state index contributed by atoms with van der Waals surface area (Å²) in [7, 11) is 0. The first-order valence-corrected chi connectivity index (χ1v) is 8.28. The number of hydrogen-bond donors (Lipinski definition) is 3. The van der Waals surface area contributed by atoms with Crippen molar-refractivity contribution in [2.24, 2.45) is 10.2 Å². The van der Waals surface area contributed by atoms with E-state index in [9.17, 15) is 14.4 Å². The topological polar surface area (TPSA) is 112 Å². The van der Waals surface area contributed by atoms with Crippen molar-refractivity contribution >= 4 is 17.8 Å². The Morgan fingerprint density at radius 3 is 2.69 bits per heavy atom. The molecule has 2 heterocycles. The first-order chi connectivity index (χ1) is 12.4. The molecule has 26 heavy (non-hydrogen) atoms. The number of urea groups is 1. The summed E-state index contributed by atoms with van der Waals surface area (Å²) in [5, 5.41) is 15.7. The van der Waals surface area contributed by atoms with Crippen molar-refractivity contribution < 1.29 is 14.4 Å². The normalized spacial score (nSPS) is 22.3. The van der Waals surface area contributed by atoms with Gasteiger partial charge in [0.25, 0.3) is 11.8 Å². The van der Waals surface area contributed by atoms with Crippen molar-refractivity contribution in [1.82, 2.24) is 16.0 Å². The summed E-state index contributed by atoms with van der Waals surface area (Å²) >= 11 is 0. The van der Waals surface area contributed by atoms with E-state index in [1.165, 1.54) is 0 Å². The Morgan fingerprint density at radius 2 is 2.08 bits per heavy atom. The fraction of sp³-hybridized carbons (Fsp3) is 0.389. The third kappa shape index (κ3) is 3.42. The number of hydrogen-bond acceptors (Lipinski definition) is 5. The minimum Gasteiger partial charge on any atom is -0.352 e. The SMILES string of the molecule is C#CCCC1(CCNC(=O)c2cccc(C3(C)NC(=O)NC3=O)c2)N=N1. The van der Waals surface area contributed by atoms with E-state index in [0.717, 1.165) is 0 Å². The van der Waals surface area contributed by atoms with Crippen molar-refractivity contribution in [2.45, 2.75) is 37.4 Å². The molecular formula is C18H19N5O3. The third-order valence-electron chi connectivity index (χ3n) is 4.61. The highest BCUT2D eigenvalue weighted by molar-refractivity contribution is 6.07. The zero-order chi connectivity index (χ0) is 18.8. The predicted octanol–water partition coefficient (Wildman–Crippen LogP) is 1.44. The van der Waals surface area contributed by atoms with E-state index in [-0.39, 0.29) is 5.91 Å². The number of carbonyl (C=O) groups excluding carboxylic acids is 3. The number of carbonyl (C=O) groups is 3. The van der Waals surface area contributed by atoms with Crippen molar-refractivity contribution in [2.75, 3.05) is 6.54 Å². The number of terminal acetylenes is 1. The largest absolute Gasteiger partial charge is 0.352 e. The van der Waals surface area contributed by atoms with Gasteiger partial charge in [-0.1, -0.05) is 12.1 Å². The molecule has 0 radical (unpaired) electrons. The van der Waals surface area contributed by atoms with E-state index in [1.807, 2.05) is 0 Å². The minimum absolute atomic E-state index is 0.270. The Balaban J connectivity index is 1.61.